The van der Waals surface area contributed by atoms with Crippen LogP contribution >= 0.6 is 11.6 Å². The van der Waals surface area contributed by atoms with Gasteiger partial charge in [0.05, 0.1) is 34.8 Å². The first-order valence-electron chi connectivity index (χ1n) is 15.1. The molecule has 0 bridgehead atoms. The van der Waals surface area contributed by atoms with E-state index in [0.29, 0.717) is 38.9 Å². The van der Waals surface area contributed by atoms with Crippen LogP contribution < -0.4 is 14.5 Å². The number of ether oxygens (including phenoxy) is 2. The summed E-state index contributed by atoms with van der Waals surface area (Å²) >= 11 is 6.72. The number of hydrogen-bond donors (Lipinski definition) is 0. The number of halogens is 1. The fourth-order valence-electron chi connectivity index (χ4n) is 7.49. The summed E-state index contributed by atoms with van der Waals surface area (Å²) in [7, 11) is 3.85. The molecule has 4 aliphatic rings. The molecular weight excluding hydrogens is 564 g/mol. The first-order valence-corrected chi connectivity index (χ1v) is 15.5. The van der Waals surface area contributed by atoms with Crippen molar-refractivity contribution in [3.8, 4) is 6.01 Å². The van der Waals surface area contributed by atoms with Gasteiger partial charge in [-0.05, 0) is 49.9 Å². The van der Waals surface area contributed by atoms with Crippen LogP contribution in [0.3, 0.4) is 0 Å². The molecule has 1 amide bonds. The quantitative estimate of drug-likeness (QED) is 0.356. The number of carbonyl (C=O) groups is 1. The molecule has 0 atom stereocenters. The topological polar surface area (TPSA) is 74.3 Å². The van der Waals surface area contributed by atoms with Gasteiger partial charge in [-0.3, -0.25) is 4.79 Å². The molecule has 226 valence electrons. The van der Waals surface area contributed by atoms with Gasteiger partial charge in [-0.25, -0.2) is 0 Å². The molecule has 10 heteroatoms. The van der Waals surface area contributed by atoms with Gasteiger partial charge in [0.2, 0.25) is 5.91 Å². The minimum absolute atomic E-state index is 0.0178. The molecule has 3 aliphatic heterocycles. The smallest absolute Gasteiger partial charge is 0.318 e. The molecule has 2 saturated heterocycles. The Morgan fingerprint density at radius 3 is 2.56 bits per heavy atom. The summed E-state index contributed by atoms with van der Waals surface area (Å²) in [5, 5.41) is 2.94. The van der Waals surface area contributed by atoms with Crippen LogP contribution in [0.4, 0.5) is 11.5 Å². The molecule has 2 aromatic carbocycles. The van der Waals surface area contributed by atoms with Gasteiger partial charge in [-0.15, -0.1) is 0 Å². The van der Waals surface area contributed by atoms with Crippen molar-refractivity contribution in [3.63, 3.8) is 0 Å². The van der Waals surface area contributed by atoms with Crippen molar-refractivity contribution >= 4 is 39.8 Å². The van der Waals surface area contributed by atoms with E-state index in [1.807, 2.05) is 17.0 Å². The molecule has 0 radical (unpaired) electrons. The van der Waals surface area contributed by atoms with Crippen LogP contribution in [0, 0.1) is 5.41 Å². The molecule has 3 aromatic rings. The van der Waals surface area contributed by atoms with Gasteiger partial charge in [0.1, 0.15) is 12.4 Å². The molecule has 9 nitrogen and oxygen atoms in total. The summed E-state index contributed by atoms with van der Waals surface area (Å²) in [6.07, 6.45) is 4.25. The molecule has 1 aromatic heterocycles. The normalized spacial score (nSPS) is 20.6. The van der Waals surface area contributed by atoms with Crippen LogP contribution in [0.15, 0.2) is 49.1 Å². The van der Waals surface area contributed by atoms with Gasteiger partial charge in [0.25, 0.3) is 0 Å². The number of aromatic nitrogens is 2. The van der Waals surface area contributed by atoms with Gasteiger partial charge < -0.3 is 29.1 Å². The summed E-state index contributed by atoms with van der Waals surface area (Å²) in [5.74, 6) is 0.961. The largest absolute Gasteiger partial charge is 0.463 e. The van der Waals surface area contributed by atoms with Crippen molar-refractivity contribution in [2.45, 2.75) is 31.3 Å². The summed E-state index contributed by atoms with van der Waals surface area (Å²) in [6, 6.07) is 12.8. The number of methoxy groups -OCH3 is 1. The van der Waals surface area contributed by atoms with E-state index < -0.39 is 0 Å². The van der Waals surface area contributed by atoms with E-state index in [1.165, 1.54) is 11.6 Å². The third-order valence-corrected chi connectivity index (χ3v) is 9.90. The van der Waals surface area contributed by atoms with Gasteiger partial charge >= 0.3 is 6.01 Å². The second kappa shape index (κ2) is 10.9. The highest BCUT2D eigenvalue weighted by atomic mass is 35.5. The minimum Gasteiger partial charge on any atom is -0.463 e. The van der Waals surface area contributed by atoms with Crippen molar-refractivity contribution in [1.29, 1.82) is 0 Å². The summed E-state index contributed by atoms with van der Waals surface area (Å²) < 4.78 is 12.0. The van der Waals surface area contributed by atoms with Crippen molar-refractivity contribution < 1.29 is 14.3 Å². The molecule has 1 aliphatic carbocycles. The Morgan fingerprint density at radius 1 is 1.05 bits per heavy atom. The van der Waals surface area contributed by atoms with Crippen molar-refractivity contribution in [2.24, 2.45) is 5.41 Å². The SMILES string of the molecule is C=CC(=O)N1CCN(c2nc(OCC3(COC)CN(C)C3)nc3c2CCN(c2cccc4cccc(Cl)c24)C3)CC12CC2. The fourth-order valence-corrected chi connectivity index (χ4v) is 7.77. The van der Waals surface area contributed by atoms with Crippen molar-refractivity contribution in [3.05, 3.63) is 65.3 Å². The lowest BCUT2D eigenvalue weighted by Crippen LogP contribution is -2.59. The predicted molar refractivity (Wildman–Crippen MR) is 169 cm³/mol. The highest BCUT2D eigenvalue weighted by Gasteiger charge is 2.53. The summed E-state index contributed by atoms with van der Waals surface area (Å²) in [5.41, 5.74) is 3.06. The zero-order chi connectivity index (χ0) is 29.8. The zero-order valence-corrected chi connectivity index (χ0v) is 25.8. The van der Waals surface area contributed by atoms with Crippen molar-refractivity contribution in [1.82, 2.24) is 19.8 Å². The molecule has 4 heterocycles. The second-order valence-corrected chi connectivity index (χ2v) is 13.2. The van der Waals surface area contributed by atoms with E-state index >= 15 is 0 Å². The van der Waals surface area contributed by atoms with Gasteiger partial charge in [0, 0.05) is 63.0 Å². The molecule has 43 heavy (non-hydrogen) atoms. The maximum absolute atomic E-state index is 12.6. The van der Waals surface area contributed by atoms with Crippen LogP contribution in [-0.2, 0) is 22.5 Å². The third-order valence-electron chi connectivity index (χ3n) is 9.58. The molecule has 1 saturated carbocycles. The first kappa shape index (κ1) is 28.4. The lowest BCUT2D eigenvalue weighted by molar-refractivity contribution is -0.129. The van der Waals surface area contributed by atoms with E-state index in [0.717, 1.165) is 78.4 Å². The molecule has 0 N–H and O–H groups in total. The van der Waals surface area contributed by atoms with Crippen molar-refractivity contribution in [2.75, 3.05) is 76.4 Å². The number of carbonyl (C=O) groups excluding carboxylic acids is 1. The molecule has 7 rings (SSSR count). The molecule has 0 unspecified atom stereocenters. The highest BCUT2D eigenvalue weighted by molar-refractivity contribution is 6.36. The monoisotopic (exact) mass is 602 g/mol. The molecular formula is C33H39ClN6O3. The summed E-state index contributed by atoms with van der Waals surface area (Å²) in [6.45, 7) is 10.3. The molecule has 3 fully saturated rings. The molecule has 1 spiro atoms. The Kier molecular flexibility index (Phi) is 7.22. The Labute approximate surface area is 258 Å². The Bertz CT molecular complexity index is 1560. The van der Waals surface area contributed by atoms with Crippen LogP contribution in [0.5, 0.6) is 6.01 Å². The zero-order valence-electron chi connectivity index (χ0n) is 25.0. The van der Waals surface area contributed by atoms with E-state index in [2.05, 4.69) is 52.6 Å². The predicted octanol–water partition coefficient (Wildman–Crippen LogP) is 4.17. The lowest BCUT2D eigenvalue weighted by Gasteiger charge is -2.47. The number of fused-ring (bicyclic) bond motifs is 2. The van der Waals surface area contributed by atoms with Crippen LogP contribution in [0.1, 0.15) is 24.1 Å². The number of piperazine rings is 1. The number of benzene rings is 2. The Morgan fingerprint density at radius 2 is 1.84 bits per heavy atom. The van der Waals surface area contributed by atoms with Gasteiger partial charge in [0.15, 0.2) is 0 Å². The fraction of sp³-hybridized carbons (Fsp3) is 0.485. The number of likely N-dealkylation sites (tertiary alicyclic amines) is 1. The average molecular weight is 603 g/mol. The number of anilines is 2. The highest BCUT2D eigenvalue weighted by Crippen LogP contribution is 2.46. The number of amides is 1. The standard InChI is InChI=1S/C33H39ClN6O3/c1-4-28(41)40-16-15-39(20-33(40)12-13-33)30-24-11-14-38(27-10-6-8-23-7-5-9-25(34)29(23)27)17-26(24)35-31(36-30)43-22-32(21-42-3)18-37(2)19-32/h4-10H,1,11-22H2,2-3H3. The van der Waals surface area contributed by atoms with E-state index in [9.17, 15) is 4.79 Å². The van der Waals surface area contributed by atoms with Gasteiger partial charge in [-0.1, -0.05) is 42.4 Å². The van der Waals surface area contributed by atoms with Crippen LogP contribution in [0.25, 0.3) is 10.8 Å². The van der Waals surface area contributed by atoms with E-state index in [1.54, 1.807) is 7.11 Å². The van der Waals surface area contributed by atoms with E-state index in [4.69, 9.17) is 31.0 Å². The number of hydrogen-bond acceptors (Lipinski definition) is 8. The van der Waals surface area contributed by atoms with Gasteiger partial charge in [-0.2, -0.15) is 9.97 Å². The average Bonchev–Trinajstić information content (AvgIpc) is 3.77. The minimum atomic E-state index is -0.137. The maximum Gasteiger partial charge on any atom is 0.318 e. The summed E-state index contributed by atoms with van der Waals surface area (Å²) in [4.78, 5) is 31.8. The lowest BCUT2D eigenvalue weighted by atomic mass is 9.82. The van der Waals surface area contributed by atoms with E-state index in [-0.39, 0.29) is 16.9 Å². The maximum atomic E-state index is 12.6. The first-order chi connectivity index (χ1) is 20.8. The Hall–Kier alpha value is -3.40. The second-order valence-electron chi connectivity index (χ2n) is 12.8. The number of rotatable bonds is 8. The van der Waals surface area contributed by atoms with Crippen LogP contribution in [0.2, 0.25) is 5.02 Å². The van der Waals surface area contributed by atoms with Crippen LogP contribution in [-0.4, -0.2) is 97.9 Å². The number of nitrogens with zero attached hydrogens (tertiary/aromatic N) is 6. The third kappa shape index (κ3) is 5.11. The Balaban J connectivity index is 1.22.